The van der Waals surface area contributed by atoms with Crippen molar-refractivity contribution in [3.63, 3.8) is 0 Å². The van der Waals surface area contributed by atoms with Crippen molar-refractivity contribution in [2.75, 3.05) is 48.6 Å². The van der Waals surface area contributed by atoms with Crippen LogP contribution in [0, 0.1) is 17.2 Å². The number of ether oxygens (including phenoxy) is 4. The lowest BCUT2D eigenvalue weighted by molar-refractivity contribution is -0.114. The summed E-state index contributed by atoms with van der Waals surface area (Å²) in [5, 5.41) is 10.3. The highest BCUT2D eigenvalue weighted by atomic mass is 16.5. The zero-order valence-corrected chi connectivity index (χ0v) is 24.8. The molecule has 0 aliphatic carbocycles. The van der Waals surface area contributed by atoms with Crippen molar-refractivity contribution >= 4 is 11.9 Å². The number of hydrogen-bond donors (Lipinski definition) is 0. The zero-order chi connectivity index (χ0) is 29.0. The Morgan fingerprint density at radius 3 is 2.15 bits per heavy atom. The number of allylic oxidation sites excluding steroid dienone is 1. The summed E-state index contributed by atoms with van der Waals surface area (Å²) >= 11 is 0. The van der Waals surface area contributed by atoms with Crippen LogP contribution in [-0.2, 0) is 16.6 Å². The molecule has 0 aromatic heterocycles. The molecule has 2 aromatic carbocycles. The van der Waals surface area contributed by atoms with Crippen LogP contribution in [0.2, 0.25) is 0 Å². The Labute approximate surface area is 234 Å². The van der Waals surface area contributed by atoms with E-state index in [2.05, 4.69) is 31.9 Å². The van der Waals surface area contributed by atoms with Crippen molar-refractivity contribution in [2.45, 2.75) is 51.9 Å². The van der Waals surface area contributed by atoms with Gasteiger partial charge in [-0.05, 0) is 85.8 Å². The fourth-order valence-electron chi connectivity index (χ4n) is 4.79. The zero-order valence-electron chi connectivity index (χ0n) is 24.8. The molecule has 0 bridgehead atoms. The summed E-state index contributed by atoms with van der Waals surface area (Å²) in [6.07, 6.45) is 6.31. The summed E-state index contributed by atoms with van der Waals surface area (Å²) < 4.78 is 21.9. The van der Waals surface area contributed by atoms with Crippen molar-refractivity contribution in [2.24, 2.45) is 5.92 Å². The highest BCUT2D eigenvalue weighted by molar-refractivity contribution is 5.93. The predicted molar refractivity (Wildman–Crippen MR) is 156 cm³/mol. The van der Waals surface area contributed by atoms with Gasteiger partial charge < -0.3 is 23.8 Å². The van der Waals surface area contributed by atoms with Gasteiger partial charge in [-0.2, -0.15) is 5.26 Å². The van der Waals surface area contributed by atoms with E-state index in [1.165, 1.54) is 0 Å². The van der Waals surface area contributed by atoms with E-state index < -0.39 is 5.41 Å². The number of methoxy groups -OCH3 is 4. The molecule has 7 heteroatoms. The van der Waals surface area contributed by atoms with E-state index in [1.807, 2.05) is 43.3 Å². The molecule has 39 heavy (non-hydrogen) atoms. The Balaban J connectivity index is 2.15. The first kappa shape index (κ1) is 31.7. The Morgan fingerprint density at radius 1 is 0.974 bits per heavy atom. The first-order chi connectivity index (χ1) is 18.7. The summed E-state index contributed by atoms with van der Waals surface area (Å²) in [6.45, 7) is 7.70. The van der Waals surface area contributed by atoms with Crippen molar-refractivity contribution in [1.82, 2.24) is 4.90 Å². The first-order valence-electron chi connectivity index (χ1n) is 13.5. The van der Waals surface area contributed by atoms with Gasteiger partial charge in [0, 0.05) is 13.0 Å². The number of ketones is 1. The number of carbonyl (C=O) groups is 1. The van der Waals surface area contributed by atoms with Gasteiger partial charge in [-0.1, -0.05) is 32.9 Å². The van der Waals surface area contributed by atoms with Crippen molar-refractivity contribution < 1.29 is 23.7 Å². The third-order valence-corrected chi connectivity index (χ3v) is 7.40. The summed E-state index contributed by atoms with van der Waals surface area (Å²) in [5.41, 5.74) is 2.34. The number of hydrogen-bond acceptors (Lipinski definition) is 7. The molecule has 2 aromatic rings. The molecule has 0 aliphatic heterocycles. The lowest BCUT2D eigenvalue weighted by atomic mass is 9.69. The van der Waals surface area contributed by atoms with Crippen LogP contribution in [0.4, 0.5) is 0 Å². The second-order valence-corrected chi connectivity index (χ2v) is 10.0. The lowest BCUT2D eigenvalue weighted by Crippen LogP contribution is -2.32. The van der Waals surface area contributed by atoms with E-state index in [1.54, 1.807) is 34.5 Å². The maximum atomic E-state index is 11.9. The van der Waals surface area contributed by atoms with Crippen LogP contribution in [0.3, 0.4) is 0 Å². The van der Waals surface area contributed by atoms with E-state index in [-0.39, 0.29) is 11.7 Å². The van der Waals surface area contributed by atoms with Crippen LogP contribution >= 0.6 is 0 Å². The molecule has 1 atom stereocenters. The van der Waals surface area contributed by atoms with Crippen LogP contribution in [-0.4, -0.2) is 59.3 Å². The quantitative estimate of drug-likeness (QED) is 0.240. The number of likely N-dealkylation sites (N-methyl/N-ethyl adjacent to an activating group) is 1. The maximum absolute atomic E-state index is 11.9. The van der Waals surface area contributed by atoms with Gasteiger partial charge in [-0.3, -0.25) is 4.79 Å². The van der Waals surface area contributed by atoms with Gasteiger partial charge in [-0.25, -0.2) is 0 Å². The molecule has 7 nitrogen and oxygen atoms in total. The van der Waals surface area contributed by atoms with E-state index in [9.17, 15) is 10.1 Å². The molecule has 0 saturated carbocycles. The van der Waals surface area contributed by atoms with Crippen molar-refractivity contribution in [1.29, 1.82) is 5.26 Å². The Bertz CT molecular complexity index is 1170. The average Bonchev–Trinajstić information content (AvgIpc) is 2.96. The second kappa shape index (κ2) is 15.2. The molecule has 2 rings (SSSR count). The Hall–Kier alpha value is -3.50. The Kier molecular flexibility index (Phi) is 12.3. The number of carbonyl (C=O) groups excluding carboxylic acids is 1. The number of benzene rings is 2. The standard InChI is InChI=1S/C32H44N2O5/c1-9-27(35)13-11-24-19-29(37-6)30(38-7)20-25(24)15-18-34(4)17-10-16-32(22-33,23(2)3)26-12-14-28(36-5)31(21-26)39-8/h11-14,19-21,23H,9-10,15-18H2,1-8H3. The molecule has 212 valence electrons. The van der Waals surface area contributed by atoms with Gasteiger partial charge in [0.25, 0.3) is 0 Å². The molecule has 0 heterocycles. The smallest absolute Gasteiger partial charge is 0.161 e. The average molecular weight is 537 g/mol. The van der Waals surface area contributed by atoms with Gasteiger partial charge in [0.1, 0.15) is 0 Å². The Morgan fingerprint density at radius 2 is 1.59 bits per heavy atom. The van der Waals surface area contributed by atoms with Crippen LogP contribution < -0.4 is 18.9 Å². The summed E-state index contributed by atoms with van der Waals surface area (Å²) in [7, 11) is 8.55. The third kappa shape index (κ3) is 8.00. The number of rotatable bonds is 16. The lowest BCUT2D eigenvalue weighted by Gasteiger charge is -2.32. The molecule has 0 amide bonds. The molecule has 0 fully saturated rings. The van der Waals surface area contributed by atoms with E-state index >= 15 is 0 Å². The van der Waals surface area contributed by atoms with Gasteiger partial charge in [0.15, 0.2) is 28.8 Å². The van der Waals surface area contributed by atoms with Gasteiger partial charge >= 0.3 is 0 Å². The third-order valence-electron chi connectivity index (χ3n) is 7.40. The molecular weight excluding hydrogens is 492 g/mol. The fourth-order valence-corrected chi connectivity index (χ4v) is 4.79. The van der Waals surface area contributed by atoms with E-state index in [4.69, 9.17) is 18.9 Å². The molecule has 0 spiro atoms. The van der Waals surface area contributed by atoms with Crippen LogP contribution in [0.5, 0.6) is 23.0 Å². The minimum absolute atomic E-state index is 0.0773. The van der Waals surface area contributed by atoms with E-state index in [0.717, 1.165) is 49.0 Å². The monoisotopic (exact) mass is 536 g/mol. The molecular formula is C32H44N2O5. The van der Waals surface area contributed by atoms with Gasteiger partial charge in [0.2, 0.25) is 0 Å². The fraction of sp³-hybridized carbons (Fsp3) is 0.500. The van der Waals surface area contributed by atoms with Crippen molar-refractivity contribution in [3.8, 4) is 29.1 Å². The molecule has 1 unspecified atom stereocenters. The molecule has 0 N–H and O–H groups in total. The summed E-state index contributed by atoms with van der Waals surface area (Å²) in [4.78, 5) is 14.2. The maximum Gasteiger partial charge on any atom is 0.161 e. The molecule has 0 aliphatic rings. The second-order valence-electron chi connectivity index (χ2n) is 10.0. The van der Waals surface area contributed by atoms with Crippen LogP contribution in [0.25, 0.3) is 6.08 Å². The highest BCUT2D eigenvalue weighted by Gasteiger charge is 2.36. The topological polar surface area (TPSA) is 81.0 Å². The first-order valence-corrected chi connectivity index (χ1v) is 13.5. The molecule has 0 radical (unpaired) electrons. The highest BCUT2D eigenvalue weighted by Crippen LogP contribution is 2.40. The molecule has 0 saturated heterocycles. The summed E-state index contributed by atoms with van der Waals surface area (Å²) in [5.74, 6) is 2.79. The normalized spacial score (nSPS) is 12.8. The number of nitriles is 1. The van der Waals surface area contributed by atoms with E-state index in [0.29, 0.717) is 29.4 Å². The van der Waals surface area contributed by atoms with Crippen molar-refractivity contribution in [3.05, 3.63) is 53.1 Å². The largest absolute Gasteiger partial charge is 0.493 e. The minimum Gasteiger partial charge on any atom is -0.493 e. The van der Waals surface area contributed by atoms with Crippen LogP contribution in [0.1, 0.15) is 56.7 Å². The van der Waals surface area contributed by atoms with Crippen LogP contribution in [0.15, 0.2) is 36.4 Å². The summed E-state index contributed by atoms with van der Waals surface area (Å²) in [6, 6.07) is 12.3. The minimum atomic E-state index is -0.631. The van der Waals surface area contributed by atoms with Gasteiger partial charge in [0.05, 0.1) is 39.9 Å². The van der Waals surface area contributed by atoms with Gasteiger partial charge in [-0.15, -0.1) is 0 Å². The predicted octanol–water partition coefficient (Wildman–Crippen LogP) is 6.09. The number of nitrogens with zero attached hydrogens (tertiary/aromatic N) is 2. The SMILES string of the molecule is CCC(=O)C=Cc1cc(OC)c(OC)cc1CCN(C)CCCC(C#N)(c1ccc(OC)c(OC)c1)C(C)C.